The molecule has 2 aliphatic rings. The van der Waals surface area contributed by atoms with Gasteiger partial charge >= 0.3 is 0 Å². The first-order valence-corrected chi connectivity index (χ1v) is 7.39. The molecule has 0 aromatic heterocycles. The van der Waals surface area contributed by atoms with Gasteiger partial charge in [0.25, 0.3) is 0 Å². The molecular formula is C14H27NO2. The summed E-state index contributed by atoms with van der Waals surface area (Å²) in [4.78, 5) is 0. The lowest BCUT2D eigenvalue weighted by Crippen LogP contribution is -2.26. The van der Waals surface area contributed by atoms with Gasteiger partial charge < -0.3 is 14.8 Å². The van der Waals surface area contributed by atoms with Crippen molar-refractivity contribution in [2.24, 2.45) is 0 Å². The maximum absolute atomic E-state index is 5.86. The van der Waals surface area contributed by atoms with Crippen LogP contribution in [0.3, 0.4) is 0 Å². The van der Waals surface area contributed by atoms with Crippen molar-refractivity contribution in [2.75, 3.05) is 26.3 Å². The van der Waals surface area contributed by atoms with Crippen LogP contribution in [-0.2, 0) is 9.47 Å². The van der Waals surface area contributed by atoms with E-state index in [-0.39, 0.29) is 0 Å². The van der Waals surface area contributed by atoms with E-state index in [2.05, 4.69) is 5.32 Å². The molecule has 3 heteroatoms. The highest BCUT2D eigenvalue weighted by atomic mass is 16.5. The number of hydrogen-bond donors (Lipinski definition) is 1. The molecule has 0 aromatic rings. The topological polar surface area (TPSA) is 30.5 Å². The van der Waals surface area contributed by atoms with Crippen molar-refractivity contribution in [3.63, 3.8) is 0 Å². The van der Waals surface area contributed by atoms with Gasteiger partial charge in [-0.25, -0.2) is 0 Å². The summed E-state index contributed by atoms with van der Waals surface area (Å²) < 4.78 is 11.4. The molecule has 0 aromatic carbocycles. The van der Waals surface area contributed by atoms with Gasteiger partial charge in [-0.2, -0.15) is 0 Å². The van der Waals surface area contributed by atoms with E-state index in [1.54, 1.807) is 0 Å². The van der Waals surface area contributed by atoms with E-state index in [9.17, 15) is 0 Å². The fourth-order valence-electron chi connectivity index (χ4n) is 2.79. The van der Waals surface area contributed by atoms with Gasteiger partial charge in [0.1, 0.15) is 0 Å². The third kappa shape index (κ3) is 5.36. The van der Waals surface area contributed by atoms with Gasteiger partial charge in [0, 0.05) is 13.2 Å². The minimum absolute atomic E-state index is 0.516. The van der Waals surface area contributed by atoms with Crippen molar-refractivity contribution in [3.8, 4) is 0 Å². The van der Waals surface area contributed by atoms with Crippen molar-refractivity contribution in [2.45, 2.75) is 63.6 Å². The lowest BCUT2D eigenvalue weighted by molar-refractivity contribution is 0.0298. The first-order chi connectivity index (χ1) is 8.45. The van der Waals surface area contributed by atoms with Crippen LogP contribution in [-0.4, -0.2) is 38.5 Å². The van der Waals surface area contributed by atoms with Crippen molar-refractivity contribution in [3.05, 3.63) is 0 Å². The molecule has 1 heterocycles. The summed E-state index contributed by atoms with van der Waals surface area (Å²) >= 11 is 0. The molecule has 1 saturated heterocycles. The Morgan fingerprint density at radius 1 is 1.00 bits per heavy atom. The molecule has 0 radical (unpaired) electrons. The molecule has 1 saturated carbocycles. The molecule has 100 valence electrons. The number of ether oxygens (including phenoxy) is 2. The Balaban J connectivity index is 1.38. The summed E-state index contributed by atoms with van der Waals surface area (Å²) in [6, 6.07) is 0. The summed E-state index contributed by atoms with van der Waals surface area (Å²) in [5.74, 6) is 0. The van der Waals surface area contributed by atoms with Crippen LogP contribution in [0.25, 0.3) is 0 Å². The molecule has 1 aliphatic heterocycles. The molecule has 2 fully saturated rings. The maximum atomic E-state index is 5.86. The fraction of sp³-hybridized carbons (Fsp3) is 1.00. The van der Waals surface area contributed by atoms with Crippen LogP contribution in [0.4, 0.5) is 0 Å². The summed E-state index contributed by atoms with van der Waals surface area (Å²) in [6.07, 6.45) is 11.4. The molecular weight excluding hydrogens is 214 g/mol. The van der Waals surface area contributed by atoms with Crippen LogP contribution < -0.4 is 5.32 Å². The monoisotopic (exact) mass is 241 g/mol. The molecule has 1 aliphatic carbocycles. The standard InChI is InChI=1S/C14H27NO2/c1-2-5-13(6-3-1)17-12-10-15-9-8-14-7-4-11-16-14/h13-15H,1-12H2. The molecule has 17 heavy (non-hydrogen) atoms. The second kappa shape index (κ2) is 8.06. The van der Waals surface area contributed by atoms with E-state index >= 15 is 0 Å². The van der Waals surface area contributed by atoms with Crippen molar-refractivity contribution < 1.29 is 9.47 Å². The first kappa shape index (κ1) is 13.3. The molecule has 1 atom stereocenters. The molecule has 3 nitrogen and oxygen atoms in total. The third-order valence-corrected chi connectivity index (χ3v) is 3.85. The molecule has 1 N–H and O–H groups in total. The zero-order valence-corrected chi connectivity index (χ0v) is 11.0. The first-order valence-electron chi connectivity index (χ1n) is 7.39. The van der Waals surface area contributed by atoms with Crippen LogP contribution >= 0.6 is 0 Å². The Labute approximate surface area is 105 Å². The van der Waals surface area contributed by atoms with Gasteiger partial charge in [0.2, 0.25) is 0 Å². The summed E-state index contributed by atoms with van der Waals surface area (Å²) in [6.45, 7) is 3.90. The fourth-order valence-corrected chi connectivity index (χ4v) is 2.79. The average molecular weight is 241 g/mol. The average Bonchev–Trinajstić information content (AvgIpc) is 2.88. The van der Waals surface area contributed by atoms with E-state index < -0.39 is 0 Å². The predicted molar refractivity (Wildman–Crippen MR) is 69.3 cm³/mol. The molecule has 0 spiro atoms. The van der Waals surface area contributed by atoms with Crippen LogP contribution in [0.2, 0.25) is 0 Å². The molecule has 2 rings (SSSR count). The highest BCUT2D eigenvalue weighted by Gasteiger charge is 2.15. The van der Waals surface area contributed by atoms with Crippen LogP contribution in [0.15, 0.2) is 0 Å². The van der Waals surface area contributed by atoms with Crippen LogP contribution in [0, 0.1) is 0 Å². The second-order valence-electron chi connectivity index (χ2n) is 5.30. The highest BCUT2D eigenvalue weighted by Crippen LogP contribution is 2.19. The minimum atomic E-state index is 0.516. The minimum Gasteiger partial charge on any atom is -0.378 e. The van der Waals surface area contributed by atoms with E-state index in [0.29, 0.717) is 12.2 Å². The zero-order valence-electron chi connectivity index (χ0n) is 11.0. The normalized spacial score (nSPS) is 26.5. The van der Waals surface area contributed by atoms with Gasteiger partial charge in [0.15, 0.2) is 0 Å². The Morgan fingerprint density at radius 3 is 2.65 bits per heavy atom. The molecule has 1 unspecified atom stereocenters. The highest BCUT2D eigenvalue weighted by molar-refractivity contribution is 4.67. The van der Waals surface area contributed by atoms with Crippen LogP contribution in [0.5, 0.6) is 0 Å². The third-order valence-electron chi connectivity index (χ3n) is 3.85. The van der Waals surface area contributed by atoms with Crippen molar-refractivity contribution in [1.82, 2.24) is 5.32 Å². The Morgan fingerprint density at radius 2 is 1.88 bits per heavy atom. The van der Waals surface area contributed by atoms with Gasteiger partial charge in [-0.3, -0.25) is 0 Å². The van der Waals surface area contributed by atoms with E-state index in [1.807, 2.05) is 0 Å². The van der Waals surface area contributed by atoms with Crippen molar-refractivity contribution in [1.29, 1.82) is 0 Å². The Hall–Kier alpha value is -0.120. The smallest absolute Gasteiger partial charge is 0.0594 e. The van der Waals surface area contributed by atoms with E-state index in [0.717, 1.165) is 32.7 Å². The van der Waals surface area contributed by atoms with Gasteiger partial charge in [-0.15, -0.1) is 0 Å². The van der Waals surface area contributed by atoms with Gasteiger partial charge in [0.05, 0.1) is 18.8 Å². The number of rotatable bonds is 7. The second-order valence-corrected chi connectivity index (χ2v) is 5.30. The SMILES string of the molecule is C1CCC(OCCNCCC2CCCO2)CC1. The Bertz CT molecular complexity index is 187. The molecule has 0 bridgehead atoms. The van der Waals surface area contributed by atoms with Crippen molar-refractivity contribution >= 4 is 0 Å². The van der Waals surface area contributed by atoms with E-state index in [4.69, 9.17) is 9.47 Å². The quantitative estimate of drug-likeness (QED) is 0.695. The van der Waals surface area contributed by atoms with Crippen LogP contribution in [0.1, 0.15) is 51.4 Å². The largest absolute Gasteiger partial charge is 0.378 e. The summed E-state index contributed by atoms with van der Waals surface area (Å²) in [7, 11) is 0. The lowest BCUT2D eigenvalue weighted by atomic mass is 9.98. The van der Waals surface area contributed by atoms with Gasteiger partial charge in [-0.1, -0.05) is 19.3 Å². The van der Waals surface area contributed by atoms with Gasteiger partial charge in [-0.05, 0) is 38.6 Å². The predicted octanol–water partition coefficient (Wildman–Crippen LogP) is 2.49. The lowest BCUT2D eigenvalue weighted by Gasteiger charge is -2.22. The maximum Gasteiger partial charge on any atom is 0.0594 e. The number of hydrogen-bond acceptors (Lipinski definition) is 3. The summed E-state index contributed by atoms with van der Waals surface area (Å²) in [5.41, 5.74) is 0. The van der Waals surface area contributed by atoms with E-state index in [1.165, 1.54) is 44.9 Å². The summed E-state index contributed by atoms with van der Waals surface area (Å²) in [5, 5.41) is 3.45. The molecule has 0 amide bonds. The number of nitrogens with one attached hydrogen (secondary N) is 1. The zero-order chi connectivity index (χ0) is 11.8. The Kier molecular flexibility index (Phi) is 6.32.